The molecular weight excluding hydrogens is 216 g/mol. The van der Waals surface area contributed by atoms with Gasteiger partial charge in [-0.2, -0.15) is 0 Å². The second kappa shape index (κ2) is 4.76. The van der Waals surface area contributed by atoms with E-state index in [1.807, 2.05) is 13.8 Å². The number of rotatable bonds is 5. The molecule has 0 aliphatic carbocycles. The summed E-state index contributed by atoms with van der Waals surface area (Å²) in [6, 6.07) is 1.57. The molecule has 5 nitrogen and oxygen atoms in total. The van der Waals surface area contributed by atoms with Gasteiger partial charge in [-0.15, -0.1) is 0 Å². The third kappa shape index (κ3) is 4.01. The third-order valence-electron chi connectivity index (χ3n) is 2.01. The van der Waals surface area contributed by atoms with Crippen LogP contribution in [-0.4, -0.2) is 19.6 Å². The highest BCUT2D eigenvalue weighted by molar-refractivity contribution is 7.88. The zero-order valence-electron chi connectivity index (χ0n) is 9.15. The molecular formula is C9H16N2O3S. The Morgan fingerprint density at radius 2 is 2.27 bits per heavy atom. The van der Waals surface area contributed by atoms with Gasteiger partial charge in [-0.1, -0.05) is 12.1 Å². The summed E-state index contributed by atoms with van der Waals surface area (Å²) >= 11 is 0. The molecule has 1 unspecified atom stereocenters. The molecule has 0 fully saturated rings. The van der Waals surface area contributed by atoms with Crippen molar-refractivity contribution in [2.75, 3.05) is 0 Å². The van der Waals surface area contributed by atoms with Crippen LogP contribution in [0.25, 0.3) is 0 Å². The van der Waals surface area contributed by atoms with Gasteiger partial charge in [0.1, 0.15) is 17.2 Å². The van der Waals surface area contributed by atoms with Gasteiger partial charge < -0.3 is 4.52 Å². The van der Waals surface area contributed by atoms with Crippen LogP contribution in [0.15, 0.2) is 10.6 Å². The zero-order valence-corrected chi connectivity index (χ0v) is 9.97. The van der Waals surface area contributed by atoms with E-state index in [9.17, 15) is 8.42 Å². The van der Waals surface area contributed by atoms with Crippen molar-refractivity contribution in [1.29, 1.82) is 0 Å². The van der Waals surface area contributed by atoms with E-state index in [1.54, 1.807) is 13.0 Å². The normalized spacial score (nSPS) is 14.1. The van der Waals surface area contributed by atoms with Gasteiger partial charge >= 0.3 is 0 Å². The maximum absolute atomic E-state index is 11.6. The lowest BCUT2D eigenvalue weighted by Gasteiger charge is -2.10. The van der Waals surface area contributed by atoms with Gasteiger partial charge in [0.05, 0.1) is 0 Å². The van der Waals surface area contributed by atoms with Crippen molar-refractivity contribution >= 4 is 10.0 Å². The van der Waals surface area contributed by atoms with Crippen LogP contribution < -0.4 is 4.72 Å². The molecule has 1 atom stereocenters. The van der Waals surface area contributed by atoms with Crippen molar-refractivity contribution in [3.63, 3.8) is 0 Å². The minimum Gasteiger partial charge on any atom is -0.361 e. The fourth-order valence-electron chi connectivity index (χ4n) is 1.11. The highest BCUT2D eigenvalue weighted by Crippen LogP contribution is 2.06. The number of nitrogens with one attached hydrogen (secondary N) is 1. The van der Waals surface area contributed by atoms with E-state index < -0.39 is 10.0 Å². The van der Waals surface area contributed by atoms with Gasteiger partial charge in [0, 0.05) is 12.1 Å². The minimum atomic E-state index is -3.31. The van der Waals surface area contributed by atoms with Gasteiger partial charge in [0.25, 0.3) is 0 Å². The molecule has 86 valence electrons. The first-order valence-electron chi connectivity index (χ1n) is 4.85. The van der Waals surface area contributed by atoms with Gasteiger partial charge in [-0.3, -0.25) is 0 Å². The molecule has 0 bridgehead atoms. The van der Waals surface area contributed by atoms with Crippen LogP contribution in [0.1, 0.15) is 31.7 Å². The standard InChI is InChI=1S/C9H16N2O3S/c1-4-7(2)11-15(12,13)6-9-5-8(3)14-10-9/h5,7,11H,4,6H2,1-3H3. The first kappa shape index (κ1) is 12.2. The van der Waals surface area contributed by atoms with Gasteiger partial charge in [-0.05, 0) is 20.3 Å². The number of aromatic nitrogens is 1. The molecule has 1 rings (SSSR count). The first-order valence-corrected chi connectivity index (χ1v) is 6.50. The molecule has 0 amide bonds. The summed E-state index contributed by atoms with van der Waals surface area (Å²) in [7, 11) is -3.31. The summed E-state index contributed by atoms with van der Waals surface area (Å²) < 4.78 is 30.5. The maximum atomic E-state index is 11.6. The molecule has 6 heteroatoms. The second-order valence-electron chi connectivity index (χ2n) is 3.62. The predicted molar refractivity (Wildman–Crippen MR) is 56.8 cm³/mol. The summed E-state index contributed by atoms with van der Waals surface area (Å²) in [6.07, 6.45) is 0.761. The Morgan fingerprint density at radius 1 is 1.60 bits per heavy atom. The topological polar surface area (TPSA) is 72.2 Å². The van der Waals surface area contributed by atoms with Crippen LogP contribution in [0.4, 0.5) is 0 Å². The molecule has 1 heterocycles. The monoisotopic (exact) mass is 232 g/mol. The third-order valence-corrected chi connectivity index (χ3v) is 3.45. The molecule has 0 radical (unpaired) electrons. The molecule has 0 aliphatic rings. The van der Waals surface area contributed by atoms with Gasteiger partial charge in [0.15, 0.2) is 0 Å². The lowest BCUT2D eigenvalue weighted by molar-refractivity contribution is 0.392. The van der Waals surface area contributed by atoms with Crippen molar-refractivity contribution in [3.05, 3.63) is 17.5 Å². The SMILES string of the molecule is CCC(C)NS(=O)(=O)Cc1cc(C)on1. The van der Waals surface area contributed by atoms with E-state index in [-0.39, 0.29) is 11.8 Å². The Bertz CT molecular complexity index is 411. The van der Waals surface area contributed by atoms with E-state index in [0.717, 1.165) is 6.42 Å². The van der Waals surface area contributed by atoms with E-state index in [4.69, 9.17) is 4.52 Å². The average Bonchev–Trinajstić information content (AvgIpc) is 2.49. The van der Waals surface area contributed by atoms with Crippen molar-refractivity contribution in [3.8, 4) is 0 Å². The second-order valence-corrected chi connectivity index (χ2v) is 5.37. The Morgan fingerprint density at radius 3 is 2.73 bits per heavy atom. The molecule has 0 aromatic carbocycles. The summed E-state index contributed by atoms with van der Waals surface area (Å²) in [6.45, 7) is 5.48. The van der Waals surface area contributed by atoms with E-state index in [1.165, 1.54) is 0 Å². The summed E-state index contributed by atoms with van der Waals surface area (Å²) in [5, 5.41) is 3.64. The van der Waals surface area contributed by atoms with Crippen LogP contribution in [0.3, 0.4) is 0 Å². The quantitative estimate of drug-likeness (QED) is 0.828. The molecule has 1 N–H and O–H groups in total. The molecule has 0 saturated heterocycles. The highest BCUT2D eigenvalue weighted by Gasteiger charge is 2.16. The number of hydrogen-bond donors (Lipinski definition) is 1. The lowest BCUT2D eigenvalue weighted by Crippen LogP contribution is -2.33. The molecule has 0 saturated carbocycles. The van der Waals surface area contributed by atoms with Crippen LogP contribution in [0, 0.1) is 6.92 Å². The van der Waals surface area contributed by atoms with Gasteiger partial charge in [-0.25, -0.2) is 13.1 Å². The largest absolute Gasteiger partial charge is 0.361 e. The lowest BCUT2D eigenvalue weighted by atomic mass is 10.3. The van der Waals surface area contributed by atoms with Crippen LogP contribution in [0.5, 0.6) is 0 Å². The number of aryl methyl sites for hydroxylation is 1. The van der Waals surface area contributed by atoms with Crippen molar-refractivity contribution in [1.82, 2.24) is 9.88 Å². The van der Waals surface area contributed by atoms with Crippen LogP contribution in [0.2, 0.25) is 0 Å². The highest BCUT2D eigenvalue weighted by atomic mass is 32.2. The zero-order chi connectivity index (χ0) is 11.5. The molecule has 15 heavy (non-hydrogen) atoms. The molecule has 1 aromatic rings. The van der Waals surface area contributed by atoms with Crippen LogP contribution in [-0.2, 0) is 15.8 Å². The molecule has 0 spiro atoms. The summed E-state index contributed by atoms with van der Waals surface area (Å²) in [5.74, 6) is 0.484. The van der Waals surface area contributed by atoms with Crippen LogP contribution >= 0.6 is 0 Å². The summed E-state index contributed by atoms with van der Waals surface area (Å²) in [5.41, 5.74) is 0.434. The van der Waals surface area contributed by atoms with Crippen molar-refractivity contribution < 1.29 is 12.9 Å². The Balaban J connectivity index is 2.64. The number of sulfonamides is 1. The first-order chi connectivity index (χ1) is 6.93. The average molecular weight is 232 g/mol. The summed E-state index contributed by atoms with van der Waals surface area (Å²) in [4.78, 5) is 0. The van der Waals surface area contributed by atoms with Crippen molar-refractivity contribution in [2.24, 2.45) is 0 Å². The van der Waals surface area contributed by atoms with E-state index in [0.29, 0.717) is 11.5 Å². The van der Waals surface area contributed by atoms with E-state index in [2.05, 4.69) is 9.88 Å². The van der Waals surface area contributed by atoms with E-state index >= 15 is 0 Å². The number of hydrogen-bond acceptors (Lipinski definition) is 4. The Labute approximate surface area is 89.9 Å². The molecule has 1 aromatic heterocycles. The van der Waals surface area contributed by atoms with Gasteiger partial charge in [0.2, 0.25) is 10.0 Å². The maximum Gasteiger partial charge on any atom is 0.217 e. The predicted octanol–water partition coefficient (Wildman–Crippen LogP) is 1.20. The Kier molecular flexibility index (Phi) is 3.87. The number of nitrogens with zero attached hydrogens (tertiary/aromatic N) is 1. The fraction of sp³-hybridized carbons (Fsp3) is 0.667. The molecule has 0 aliphatic heterocycles. The fourth-order valence-corrected chi connectivity index (χ4v) is 2.50. The van der Waals surface area contributed by atoms with Crippen molar-refractivity contribution in [2.45, 2.75) is 39.0 Å². The minimum absolute atomic E-state index is 0.0528. The smallest absolute Gasteiger partial charge is 0.217 e. The Hall–Kier alpha value is -0.880.